The van der Waals surface area contributed by atoms with Gasteiger partial charge in [0.1, 0.15) is 0 Å². The fraction of sp³-hybridized carbons (Fsp3) is 0.333. The summed E-state index contributed by atoms with van der Waals surface area (Å²) in [6.07, 6.45) is 4.64. The number of nitrogens with zero attached hydrogens (tertiary/aromatic N) is 1. The Balaban J connectivity index is 2.27. The molecule has 78 valence electrons. The monoisotopic (exact) mass is 203 g/mol. The smallest absolute Gasteiger partial charge is 0.339 e. The number of rotatable bonds is 4. The molecule has 0 amide bonds. The van der Waals surface area contributed by atoms with Gasteiger partial charge in [-0.1, -0.05) is 0 Å². The summed E-state index contributed by atoms with van der Waals surface area (Å²) in [6, 6.07) is 3.39. The number of aromatic nitrogens is 1. The van der Waals surface area contributed by atoms with Crippen LogP contribution in [0.15, 0.2) is 24.5 Å². The van der Waals surface area contributed by atoms with Crippen LogP contribution >= 0.6 is 0 Å². The molecule has 0 bridgehead atoms. The summed E-state index contributed by atoms with van der Waals surface area (Å²) >= 11 is 0. The van der Waals surface area contributed by atoms with E-state index in [1.807, 2.05) is 0 Å². The van der Waals surface area contributed by atoms with Crippen molar-refractivity contribution in [1.29, 1.82) is 0 Å². The molecule has 3 nitrogen and oxygen atoms in total. The number of unbranched alkanes of at least 4 members (excludes halogenated alkanes) is 1. The lowest BCUT2D eigenvalue weighted by atomic mass is 10.3. The SMILES string of the molecule is CC#CCCCOC(=O)c1cccnc1. The van der Waals surface area contributed by atoms with Crippen LogP contribution in [0.2, 0.25) is 0 Å². The molecule has 15 heavy (non-hydrogen) atoms. The van der Waals surface area contributed by atoms with Crippen LogP contribution in [0.1, 0.15) is 30.1 Å². The maximum Gasteiger partial charge on any atom is 0.339 e. The first-order chi connectivity index (χ1) is 7.34. The highest BCUT2D eigenvalue weighted by Gasteiger charge is 2.05. The fourth-order valence-corrected chi connectivity index (χ4v) is 1.02. The Labute approximate surface area is 89.5 Å². The van der Waals surface area contributed by atoms with Gasteiger partial charge in [-0.05, 0) is 25.5 Å². The minimum absolute atomic E-state index is 0.326. The van der Waals surface area contributed by atoms with Crippen LogP contribution in [0.5, 0.6) is 0 Å². The van der Waals surface area contributed by atoms with Gasteiger partial charge < -0.3 is 4.74 Å². The van der Waals surface area contributed by atoms with Crippen molar-refractivity contribution in [2.45, 2.75) is 19.8 Å². The summed E-state index contributed by atoms with van der Waals surface area (Å²) < 4.78 is 5.03. The number of ether oxygens (including phenoxy) is 1. The summed E-state index contributed by atoms with van der Waals surface area (Å²) in [4.78, 5) is 15.2. The van der Waals surface area contributed by atoms with Crippen molar-refractivity contribution in [1.82, 2.24) is 4.98 Å². The molecule has 0 radical (unpaired) electrons. The second kappa shape index (κ2) is 6.61. The molecule has 0 unspecified atom stereocenters. The largest absolute Gasteiger partial charge is 0.462 e. The van der Waals surface area contributed by atoms with E-state index in [1.165, 1.54) is 6.20 Å². The van der Waals surface area contributed by atoms with Crippen LogP contribution < -0.4 is 0 Å². The van der Waals surface area contributed by atoms with Crippen LogP contribution in [0, 0.1) is 11.8 Å². The third-order valence-corrected chi connectivity index (χ3v) is 1.75. The molecule has 0 N–H and O–H groups in total. The fourth-order valence-electron chi connectivity index (χ4n) is 1.02. The van der Waals surface area contributed by atoms with Crippen molar-refractivity contribution < 1.29 is 9.53 Å². The average molecular weight is 203 g/mol. The van der Waals surface area contributed by atoms with Gasteiger partial charge in [-0.2, -0.15) is 0 Å². The van der Waals surface area contributed by atoms with Gasteiger partial charge in [-0.15, -0.1) is 11.8 Å². The Hall–Kier alpha value is -1.82. The summed E-state index contributed by atoms with van der Waals surface area (Å²) in [6.45, 7) is 2.20. The average Bonchev–Trinajstić information content (AvgIpc) is 2.30. The Morgan fingerprint density at radius 2 is 2.47 bits per heavy atom. The summed E-state index contributed by atoms with van der Waals surface area (Å²) in [5, 5.41) is 0. The summed E-state index contributed by atoms with van der Waals surface area (Å²) in [5.41, 5.74) is 0.485. The summed E-state index contributed by atoms with van der Waals surface area (Å²) in [7, 11) is 0. The van der Waals surface area contributed by atoms with Gasteiger partial charge in [-0.25, -0.2) is 4.79 Å². The Morgan fingerprint density at radius 1 is 1.60 bits per heavy atom. The van der Waals surface area contributed by atoms with Crippen LogP contribution in [0.25, 0.3) is 0 Å². The van der Waals surface area contributed by atoms with Crippen LogP contribution in [0.4, 0.5) is 0 Å². The van der Waals surface area contributed by atoms with Gasteiger partial charge in [0.05, 0.1) is 12.2 Å². The van der Waals surface area contributed by atoms with E-state index in [2.05, 4.69) is 16.8 Å². The molecule has 0 saturated heterocycles. The highest BCUT2D eigenvalue weighted by molar-refractivity contribution is 5.88. The molecule has 0 aliphatic rings. The second-order valence-electron chi connectivity index (χ2n) is 2.91. The van der Waals surface area contributed by atoms with Gasteiger partial charge in [0.15, 0.2) is 0 Å². The van der Waals surface area contributed by atoms with E-state index in [0.29, 0.717) is 12.2 Å². The molecule has 0 spiro atoms. The van der Waals surface area contributed by atoms with E-state index in [1.54, 1.807) is 25.3 Å². The van der Waals surface area contributed by atoms with E-state index < -0.39 is 0 Å². The normalized spacial score (nSPS) is 8.87. The first-order valence-electron chi connectivity index (χ1n) is 4.81. The number of hydrogen-bond donors (Lipinski definition) is 0. The van der Waals surface area contributed by atoms with Gasteiger partial charge in [0, 0.05) is 18.8 Å². The quantitative estimate of drug-likeness (QED) is 0.427. The van der Waals surface area contributed by atoms with Gasteiger partial charge in [-0.3, -0.25) is 4.98 Å². The van der Waals surface area contributed by atoms with Crippen LogP contribution in [-0.2, 0) is 4.74 Å². The van der Waals surface area contributed by atoms with E-state index in [4.69, 9.17) is 4.74 Å². The molecule has 0 aromatic carbocycles. The van der Waals surface area contributed by atoms with Crippen LogP contribution in [-0.4, -0.2) is 17.6 Å². The molecule has 0 aliphatic carbocycles. The number of pyridine rings is 1. The number of carbonyl (C=O) groups excluding carboxylic acids is 1. The van der Waals surface area contributed by atoms with Crippen molar-refractivity contribution in [2.24, 2.45) is 0 Å². The highest BCUT2D eigenvalue weighted by atomic mass is 16.5. The maximum absolute atomic E-state index is 11.4. The zero-order valence-electron chi connectivity index (χ0n) is 8.69. The minimum Gasteiger partial charge on any atom is -0.462 e. The van der Waals surface area contributed by atoms with E-state index >= 15 is 0 Å². The lowest BCUT2D eigenvalue weighted by molar-refractivity contribution is 0.0501. The minimum atomic E-state index is -0.326. The van der Waals surface area contributed by atoms with E-state index in [-0.39, 0.29) is 5.97 Å². The third-order valence-electron chi connectivity index (χ3n) is 1.75. The Morgan fingerprint density at radius 3 is 3.13 bits per heavy atom. The van der Waals surface area contributed by atoms with Gasteiger partial charge in [0.25, 0.3) is 0 Å². The van der Waals surface area contributed by atoms with Crippen molar-refractivity contribution in [2.75, 3.05) is 6.61 Å². The summed E-state index contributed by atoms with van der Waals surface area (Å²) in [5.74, 6) is 5.37. The number of hydrogen-bond acceptors (Lipinski definition) is 3. The van der Waals surface area contributed by atoms with E-state index in [0.717, 1.165) is 12.8 Å². The highest BCUT2D eigenvalue weighted by Crippen LogP contribution is 1.99. The molecule has 0 saturated carbocycles. The maximum atomic E-state index is 11.4. The molecule has 1 heterocycles. The molecule has 1 aromatic rings. The van der Waals surface area contributed by atoms with Crippen molar-refractivity contribution >= 4 is 5.97 Å². The number of carbonyl (C=O) groups is 1. The molecule has 1 rings (SSSR count). The molecular formula is C12H13NO2. The topological polar surface area (TPSA) is 39.2 Å². The molecule has 1 aromatic heterocycles. The first-order valence-corrected chi connectivity index (χ1v) is 4.81. The molecular weight excluding hydrogens is 190 g/mol. The Kier molecular flexibility index (Phi) is 4.96. The molecule has 0 atom stereocenters. The molecule has 3 heteroatoms. The van der Waals surface area contributed by atoms with E-state index in [9.17, 15) is 4.79 Å². The van der Waals surface area contributed by atoms with Crippen molar-refractivity contribution in [3.8, 4) is 11.8 Å². The lowest BCUT2D eigenvalue weighted by Crippen LogP contribution is -2.06. The molecule has 0 fully saturated rings. The van der Waals surface area contributed by atoms with Crippen LogP contribution in [0.3, 0.4) is 0 Å². The van der Waals surface area contributed by atoms with Gasteiger partial charge in [0.2, 0.25) is 0 Å². The van der Waals surface area contributed by atoms with Crippen molar-refractivity contribution in [3.05, 3.63) is 30.1 Å². The third kappa shape index (κ3) is 4.28. The van der Waals surface area contributed by atoms with Crippen molar-refractivity contribution in [3.63, 3.8) is 0 Å². The predicted molar refractivity (Wildman–Crippen MR) is 57.2 cm³/mol. The zero-order valence-corrected chi connectivity index (χ0v) is 8.69. The Bertz CT molecular complexity index is 362. The number of esters is 1. The lowest BCUT2D eigenvalue weighted by Gasteiger charge is -2.02. The second-order valence-corrected chi connectivity index (χ2v) is 2.91. The van der Waals surface area contributed by atoms with Gasteiger partial charge >= 0.3 is 5.97 Å². The first kappa shape index (κ1) is 11.3. The standard InChI is InChI=1S/C12H13NO2/c1-2-3-4-5-9-15-12(14)11-7-6-8-13-10-11/h6-8,10H,4-5,9H2,1H3. The molecule has 0 aliphatic heterocycles. The zero-order chi connectivity index (χ0) is 10.9. The predicted octanol–water partition coefficient (Wildman–Crippen LogP) is 2.04.